The number of carbonyl (C=O) groups excluding carboxylic acids is 2. The summed E-state index contributed by atoms with van der Waals surface area (Å²) in [5.41, 5.74) is 2.17. The summed E-state index contributed by atoms with van der Waals surface area (Å²) in [6.07, 6.45) is -0.969. The Morgan fingerprint density at radius 1 is 0.848 bits per heavy atom. The molecule has 0 radical (unpaired) electrons. The highest BCUT2D eigenvalue weighted by atomic mass is 19.3. The lowest BCUT2D eigenvalue weighted by molar-refractivity contribution is -0.143. The number of carbonyl (C=O) groups is 2. The standard InChI is InChI=1S/C25H20F2N2O4/c26-25(27)32-19-13-11-17(12-14-19)21-20-22(33-29(21)18-9-5-2-6-10-18)24(31)28(23(20)30)15-16-7-3-1-4-8-16/h1-14,20-22,25H,15H2/t20-,21+,22+/m0/s1. The van der Waals surface area contributed by atoms with Crippen LogP contribution in [-0.2, 0) is 21.0 Å². The number of nitrogens with zero attached hydrogens (tertiary/aromatic N) is 2. The van der Waals surface area contributed by atoms with Crippen LogP contribution in [0.1, 0.15) is 17.2 Å². The Hall–Kier alpha value is -3.78. The van der Waals surface area contributed by atoms with E-state index >= 15 is 0 Å². The second-order valence-corrected chi connectivity index (χ2v) is 7.85. The largest absolute Gasteiger partial charge is 0.435 e. The smallest absolute Gasteiger partial charge is 0.387 e. The average molecular weight is 450 g/mol. The second kappa shape index (κ2) is 8.63. The molecule has 5 rings (SSSR count). The summed E-state index contributed by atoms with van der Waals surface area (Å²) in [4.78, 5) is 33.9. The highest BCUT2D eigenvalue weighted by Crippen LogP contribution is 2.47. The van der Waals surface area contributed by atoms with E-state index < -0.39 is 30.6 Å². The third-order valence-electron chi connectivity index (χ3n) is 5.85. The minimum Gasteiger partial charge on any atom is -0.435 e. The van der Waals surface area contributed by atoms with Crippen molar-refractivity contribution in [3.63, 3.8) is 0 Å². The first kappa shape index (κ1) is 21.1. The number of imide groups is 1. The first-order valence-electron chi connectivity index (χ1n) is 10.5. The lowest BCUT2D eigenvalue weighted by Crippen LogP contribution is -2.36. The van der Waals surface area contributed by atoms with Crippen LogP contribution >= 0.6 is 0 Å². The van der Waals surface area contributed by atoms with E-state index in [1.807, 2.05) is 60.7 Å². The summed E-state index contributed by atoms with van der Waals surface area (Å²) in [7, 11) is 0. The molecule has 3 atom stereocenters. The van der Waals surface area contributed by atoms with Gasteiger partial charge in [-0.15, -0.1) is 0 Å². The number of anilines is 1. The Balaban J connectivity index is 1.49. The molecular formula is C25H20F2N2O4. The molecule has 2 aliphatic heterocycles. The Morgan fingerprint density at radius 2 is 1.48 bits per heavy atom. The van der Waals surface area contributed by atoms with E-state index in [9.17, 15) is 18.4 Å². The number of amides is 2. The summed E-state index contributed by atoms with van der Waals surface area (Å²) >= 11 is 0. The topological polar surface area (TPSA) is 59.1 Å². The number of alkyl halides is 2. The van der Waals surface area contributed by atoms with Gasteiger partial charge in [0.15, 0.2) is 6.10 Å². The van der Waals surface area contributed by atoms with Gasteiger partial charge in [-0.3, -0.25) is 19.3 Å². The van der Waals surface area contributed by atoms with Gasteiger partial charge in [0.1, 0.15) is 11.7 Å². The van der Waals surface area contributed by atoms with Crippen molar-refractivity contribution in [2.24, 2.45) is 5.92 Å². The minimum atomic E-state index is -2.93. The van der Waals surface area contributed by atoms with Gasteiger partial charge in [0.05, 0.1) is 18.3 Å². The molecule has 0 spiro atoms. The van der Waals surface area contributed by atoms with Crippen molar-refractivity contribution in [3.8, 4) is 5.75 Å². The van der Waals surface area contributed by atoms with E-state index in [-0.39, 0.29) is 18.2 Å². The van der Waals surface area contributed by atoms with Crippen LogP contribution in [0.3, 0.4) is 0 Å². The van der Waals surface area contributed by atoms with Crippen molar-refractivity contribution >= 4 is 17.5 Å². The number of para-hydroxylation sites is 1. The van der Waals surface area contributed by atoms with E-state index in [0.717, 1.165) is 5.56 Å². The Morgan fingerprint density at radius 3 is 2.12 bits per heavy atom. The van der Waals surface area contributed by atoms with Crippen molar-refractivity contribution in [2.45, 2.75) is 25.3 Å². The quantitative estimate of drug-likeness (QED) is 0.523. The normalized spacial score (nSPS) is 22.2. The number of fused-ring (bicyclic) bond motifs is 1. The molecule has 2 heterocycles. The first-order valence-corrected chi connectivity index (χ1v) is 10.5. The molecule has 6 nitrogen and oxygen atoms in total. The number of hydrogen-bond acceptors (Lipinski definition) is 5. The predicted octanol–water partition coefficient (Wildman–Crippen LogP) is 4.33. The van der Waals surface area contributed by atoms with E-state index in [0.29, 0.717) is 11.3 Å². The van der Waals surface area contributed by atoms with E-state index in [1.54, 1.807) is 17.2 Å². The van der Waals surface area contributed by atoms with Crippen molar-refractivity contribution in [1.29, 1.82) is 0 Å². The van der Waals surface area contributed by atoms with Gasteiger partial charge in [-0.05, 0) is 35.4 Å². The zero-order chi connectivity index (χ0) is 22.9. The van der Waals surface area contributed by atoms with Gasteiger partial charge in [0.25, 0.3) is 5.91 Å². The molecular weight excluding hydrogens is 430 g/mol. The van der Waals surface area contributed by atoms with Crippen LogP contribution in [0.15, 0.2) is 84.9 Å². The Bertz CT molecular complexity index is 1140. The highest BCUT2D eigenvalue weighted by molar-refractivity contribution is 6.07. The fourth-order valence-corrected chi connectivity index (χ4v) is 4.38. The molecule has 0 aliphatic carbocycles. The molecule has 2 saturated heterocycles. The van der Waals surface area contributed by atoms with Gasteiger partial charge in [0.2, 0.25) is 5.91 Å². The monoisotopic (exact) mass is 450 g/mol. The van der Waals surface area contributed by atoms with Crippen LogP contribution < -0.4 is 9.80 Å². The lowest BCUT2D eigenvalue weighted by atomic mass is 9.90. The predicted molar refractivity (Wildman–Crippen MR) is 115 cm³/mol. The van der Waals surface area contributed by atoms with Crippen molar-refractivity contribution < 1.29 is 27.9 Å². The third-order valence-corrected chi connectivity index (χ3v) is 5.85. The maximum Gasteiger partial charge on any atom is 0.387 e. The molecule has 8 heteroatoms. The number of benzene rings is 3. The molecule has 168 valence electrons. The van der Waals surface area contributed by atoms with Crippen LogP contribution in [0.4, 0.5) is 14.5 Å². The number of hydroxylamine groups is 1. The third kappa shape index (κ3) is 3.93. The van der Waals surface area contributed by atoms with Crippen molar-refractivity contribution in [3.05, 3.63) is 96.1 Å². The lowest BCUT2D eigenvalue weighted by Gasteiger charge is -2.28. The molecule has 2 aliphatic rings. The average Bonchev–Trinajstić information content (AvgIpc) is 3.33. The maximum absolute atomic E-state index is 13.4. The fraction of sp³-hybridized carbons (Fsp3) is 0.200. The summed E-state index contributed by atoms with van der Waals surface area (Å²) < 4.78 is 29.6. The number of hydrogen-bond donors (Lipinski definition) is 0. The molecule has 0 N–H and O–H groups in total. The van der Waals surface area contributed by atoms with Crippen LogP contribution in [0.2, 0.25) is 0 Å². The van der Waals surface area contributed by atoms with Crippen LogP contribution in [0.25, 0.3) is 0 Å². The fourth-order valence-electron chi connectivity index (χ4n) is 4.38. The molecule has 0 saturated carbocycles. The number of halogens is 2. The van der Waals surface area contributed by atoms with Crippen LogP contribution in [0, 0.1) is 5.92 Å². The second-order valence-electron chi connectivity index (χ2n) is 7.85. The molecule has 0 unspecified atom stereocenters. The summed E-state index contributed by atoms with van der Waals surface area (Å²) in [5.74, 6) is -1.49. The summed E-state index contributed by atoms with van der Waals surface area (Å²) in [6.45, 7) is -2.77. The minimum absolute atomic E-state index is 0.00926. The number of likely N-dealkylation sites (tertiary alicyclic amines) is 1. The molecule has 2 fully saturated rings. The van der Waals surface area contributed by atoms with Crippen LogP contribution in [-0.4, -0.2) is 29.4 Å². The zero-order valence-electron chi connectivity index (χ0n) is 17.4. The molecule has 3 aromatic carbocycles. The van der Waals surface area contributed by atoms with Gasteiger partial charge in [-0.2, -0.15) is 8.78 Å². The SMILES string of the molecule is O=C1[C@H]2[C@@H](c3ccc(OC(F)F)cc3)N(c3ccccc3)O[C@H]2C(=O)N1Cc1ccccc1. The first-order chi connectivity index (χ1) is 16.0. The Labute approximate surface area is 188 Å². The molecule has 0 bridgehead atoms. The molecule has 0 aromatic heterocycles. The summed E-state index contributed by atoms with van der Waals surface area (Å²) in [5, 5.41) is 1.56. The number of rotatable bonds is 6. The number of ether oxygens (including phenoxy) is 1. The Kier molecular flexibility index (Phi) is 5.51. The van der Waals surface area contributed by atoms with E-state index in [1.165, 1.54) is 17.0 Å². The summed E-state index contributed by atoms with van der Waals surface area (Å²) in [6, 6.07) is 23.9. The van der Waals surface area contributed by atoms with Gasteiger partial charge in [-0.25, -0.2) is 5.06 Å². The maximum atomic E-state index is 13.4. The molecule has 2 amide bonds. The van der Waals surface area contributed by atoms with Gasteiger partial charge < -0.3 is 4.74 Å². The van der Waals surface area contributed by atoms with Gasteiger partial charge >= 0.3 is 6.61 Å². The zero-order valence-corrected chi connectivity index (χ0v) is 17.4. The van der Waals surface area contributed by atoms with E-state index in [2.05, 4.69) is 4.74 Å². The molecule has 33 heavy (non-hydrogen) atoms. The van der Waals surface area contributed by atoms with Crippen molar-refractivity contribution in [2.75, 3.05) is 5.06 Å². The van der Waals surface area contributed by atoms with Crippen molar-refractivity contribution in [1.82, 2.24) is 4.90 Å². The van der Waals surface area contributed by atoms with Gasteiger partial charge in [0, 0.05) is 0 Å². The molecule has 3 aromatic rings. The highest BCUT2D eigenvalue weighted by Gasteiger charge is 2.59. The van der Waals surface area contributed by atoms with Crippen LogP contribution in [0.5, 0.6) is 5.75 Å². The van der Waals surface area contributed by atoms with E-state index in [4.69, 9.17) is 4.84 Å². The van der Waals surface area contributed by atoms with Gasteiger partial charge in [-0.1, -0.05) is 60.7 Å².